The summed E-state index contributed by atoms with van der Waals surface area (Å²) in [5, 5.41) is 2.23. The van der Waals surface area contributed by atoms with Gasteiger partial charge in [-0.2, -0.15) is 0 Å². The van der Waals surface area contributed by atoms with Gasteiger partial charge in [-0.3, -0.25) is 14.9 Å². The van der Waals surface area contributed by atoms with Crippen molar-refractivity contribution in [3.8, 4) is 11.5 Å². The molecule has 1 aliphatic rings. The Hall–Kier alpha value is -4.72. The number of halogens is 1. The molecule has 0 atom stereocenters. The molecule has 4 rings (SSSR count). The molecule has 8 heteroatoms. The first-order valence-corrected chi connectivity index (χ1v) is 11.5. The van der Waals surface area contributed by atoms with Gasteiger partial charge in [-0.1, -0.05) is 36.4 Å². The second kappa shape index (κ2) is 10.9. The number of rotatable bonds is 8. The van der Waals surface area contributed by atoms with Crippen LogP contribution in [0.4, 0.5) is 14.9 Å². The highest BCUT2D eigenvalue weighted by Gasteiger charge is 2.37. The number of nitrogens with zero attached hydrogens (tertiary/aromatic N) is 1. The standard InChI is InChI=1S/C29H25FN2O5/c1-4-8-21-13-20(16-25(36-3)26(21)37-17-19-10-7-11-22(30)14-19)15-23-27(33)31-29(35)32(28(23)34)24-12-6-5-9-18(24)2/h4-7,9-16H,1,8,17H2,2-3H3,(H,31,33,35)/b23-15+. The van der Waals surface area contributed by atoms with Crippen molar-refractivity contribution in [3.63, 3.8) is 0 Å². The average molecular weight is 501 g/mol. The fraction of sp³-hybridized carbons (Fsp3) is 0.138. The Morgan fingerprint density at radius 1 is 1.05 bits per heavy atom. The van der Waals surface area contributed by atoms with Crippen molar-refractivity contribution >= 4 is 29.6 Å². The number of methoxy groups -OCH3 is 1. The van der Waals surface area contributed by atoms with E-state index in [1.165, 1.54) is 25.3 Å². The maximum atomic E-state index is 13.6. The predicted octanol–water partition coefficient (Wildman–Crippen LogP) is 5.12. The van der Waals surface area contributed by atoms with Gasteiger partial charge in [-0.15, -0.1) is 6.58 Å². The molecule has 0 spiro atoms. The molecule has 37 heavy (non-hydrogen) atoms. The number of para-hydroxylation sites is 1. The summed E-state index contributed by atoms with van der Waals surface area (Å²) >= 11 is 0. The molecule has 1 aliphatic heterocycles. The van der Waals surface area contributed by atoms with Crippen molar-refractivity contribution < 1.29 is 28.2 Å². The molecule has 0 aliphatic carbocycles. The van der Waals surface area contributed by atoms with E-state index >= 15 is 0 Å². The molecule has 1 heterocycles. The van der Waals surface area contributed by atoms with Crippen LogP contribution in [0.2, 0.25) is 0 Å². The smallest absolute Gasteiger partial charge is 0.335 e. The second-order valence-electron chi connectivity index (χ2n) is 8.37. The molecule has 4 amide bonds. The van der Waals surface area contributed by atoms with Gasteiger partial charge in [-0.25, -0.2) is 14.1 Å². The molecular formula is C29H25FN2O5. The van der Waals surface area contributed by atoms with Crippen LogP contribution in [0, 0.1) is 12.7 Å². The molecule has 1 N–H and O–H groups in total. The first-order chi connectivity index (χ1) is 17.8. The van der Waals surface area contributed by atoms with Crippen LogP contribution in [-0.4, -0.2) is 25.0 Å². The lowest BCUT2D eigenvalue weighted by molar-refractivity contribution is -0.122. The zero-order chi connectivity index (χ0) is 26.5. The van der Waals surface area contributed by atoms with E-state index in [4.69, 9.17) is 9.47 Å². The highest BCUT2D eigenvalue weighted by molar-refractivity contribution is 6.39. The average Bonchev–Trinajstić information content (AvgIpc) is 2.87. The zero-order valence-electron chi connectivity index (χ0n) is 20.4. The predicted molar refractivity (Wildman–Crippen MR) is 138 cm³/mol. The van der Waals surface area contributed by atoms with E-state index in [-0.39, 0.29) is 18.0 Å². The lowest BCUT2D eigenvalue weighted by Crippen LogP contribution is -2.54. The highest BCUT2D eigenvalue weighted by Crippen LogP contribution is 2.35. The van der Waals surface area contributed by atoms with Gasteiger partial charge < -0.3 is 9.47 Å². The zero-order valence-corrected chi connectivity index (χ0v) is 20.4. The third-order valence-electron chi connectivity index (χ3n) is 5.78. The summed E-state index contributed by atoms with van der Waals surface area (Å²) in [5.74, 6) is -1.10. The van der Waals surface area contributed by atoms with Gasteiger partial charge in [0.25, 0.3) is 11.8 Å². The minimum absolute atomic E-state index is 0.104. The molecule has 3 aromatic rings. The maximum Gasteiger partial charge on any atom is 0.335 e. The fourth-order valence-corrected chi connectivity index (χ4v) is 4.03. The Morgan fingerprint density at radius 3 is 2.54 bits per heavy atom. The number of amides is 4. The quantitative estimate of drug-likeness (QED) is 0.264. The molecular weight excluding hydrogens is 475 g/mol. The largest absolute Gasteiger partial charge is 0.493 e. The fourth-order valence-electron chi connectivity index (χ4n) is 4.03. The summed E-state index contributed by atoms with van der Waals surface area (Å²) in [7, 11) is 1.47. The Bertz CT molecular complexity index is 1430. The van der Waals surface area contributed by atoms with Crippen LogP contribution >= 0.6 is 0 Å². The van der Waals surface area contributed by atoms with Gasteiger partial charge in [0.1, 0.15) is 18.0 Å². The number of aryl methyl sites for hydroxylation is 1. The molecule has 1 saturated heterocycles. The monoisotopic (exact) mass is 500 g/mol. The molecule has 0 aromatic heterocycles. The SMILES string of the molecule is C=CCc1cc(/C=C2\C(=O)NC(=O)N(c3ccccc3C)C2=O)cc(OC)c1OCc1cccc(F)c1. The van der Waals surface area contributed by atoms with Crippen molar-refractivity contribution in [2.45, 2.75) is 20.0 Å². The summed E-state index contributed by atoms with van der Waals surface area (Å²) in [5.41, 5.74) is 2.70. The number of nitrogens with one attached hydrogen (secondary N) is 1. The van der Waals surface area contributed by atoms with Crippen LogP contribution < -0.4 is 19.7 Å². The number of imide groups is 2. The summed E-state index contributed by atoms with van der Waals surface area (Å²) in [4.78, 5) is 39.4. The molecule has 0 saturated carbocycles. The normalized spacial score (nSPS) is 14.5. The minimum atomic E-state index is -0.813. The number of carbonyl (C=O) groups is 3. The number of hydrogen-bond acceptors (Lipinski definition) is 5. The van der Waals surface area contributed by atoms with Crippen molar-refractivity contribution in [2.24, 2.45) is 0 Å². The van der Waals surface area contributed by atoms with E-state index in [2.05, 4.69) is 11.9 Å². The first-order valence-electron chi connectivity index (χ1n) is 11.5. The topological polar surface area (TPSA) is 84.9 Å². The van der Waals surface area contributed by atoms with Crippen LogP contribution in [0.1, 0.15) is 22.3 Å². The van der Waals surface area contributed by atoms with Crippen LogP contribution in [-0.2, 0) is 22.6 Å². The van der Waals surface area contributed by atoms with Crippen molar-refractivity contribution in [2.75, 3.05) is 12.0 Å². The Kier molecular flexibility index (Phi) is 7.48. The molecule has 0 bridgehead atoms. The molecule has 188 valence electrons. The number of barbiturate groups is 1. The van der Waals surface area contributed by atoms with Gasteiger partial charge in [-0.05, 0) is 66.4 Å². The van der Waals surface area contributed by atoms with E-state index in [0.29, 0.717) is 45.9 Å². The summed E-state index contributed by atoms with van der Waals surface area (Å²) in [6, 6.07) is 15.5. The summed E-state index contributed by atoms with van der Waals surface area (Å²) in [6.07, 6.45) is 3.48. The summed E-state index contributed by atoms with van der Waals surface area (Å²) in [6.45, 7) is 5.66. The Balaban J connectivity index is 1.71. The van der Waals surface area contributed by atoms with Gasteiger partial charge in [0.15, 0.2) is 11.5 Å². The number of carbonyl (C=O) groups excluding carboxylic acids is 3. The van der Waals surface area contributed by atoms with Gasteiger partial charge >= 0.3 is 6.03 Å². The molecule has 1 fully saturated rings. The number of benzene rings is 3. The number of anilines is 1. The van der Waals surface area contributed by atoms with Crippen LogP contribution in [0.15, 0.2) is 78.9 Å². The van der Waals surface area contributed by atoms with E-state index in [9.17, 15) is 18.8 Å². The molecule has 0 radical (unpaired) electrons. The second-order valence-corrected chi connectivity index (χ2v) is 8.37. The Labute approximate surface area is 213 Å². The van der Waals surface area contributed by atoms with Crippen LogP contribution in [0.3, 0.4) is 0 Å². The lowest BCUT2D eigenvalue weighted by atomic mass is 10.0. The van der Waals surface area contributed by atoms with E-state index < -0.39 is 17.8 Å². The number of ether oxygens (including phenoxy) is 2. The van der Waals surface area contributed by atoms with Crippen LogP contribution in [0.5, 0.6) is 11.5 Å². The minimum Gasteiger partial charge on any atom is -0.493 e. The van der Waals surface area contributed by atoms with E-state index in [1.54, 1.807) is 61.5 Å². The molecule has 7 nitrogen and oxygen atoms in total. The summed E-state index contributed by atoms with van der Waals surface area (Å²) < 4.78 is 25.1. The van der Waals surface area contributed by atoms with Crippen molar-refractivity contribution in [1.82, 2.24) is 5.32 Å². The van der Waals surface area contributed by atoms with E-state index in [1.807, 2.05) is 0 Å². The molecule has 0 unspecified atom stereocenters. The van der Waals surface area contributed by atoms with Gasteiger partial charge in [0.2, 0.25) is 0 Å². The number of urea groups is 1. The van der Waals surface area contributed by atoms with E-state index in [0.717, 1.165) is 4.90 Å². The molecule has 3 aromatic carbocycles. The first kappa shape index (κ1) is 25.4. The number of hydrogen-bond donors (Lipinski definition) is 1. The highest BCUT2D eigenvalue weighted by atomic mass is 19.1. The van der Waals surface area contributed by atoms with Gasteiger partial charge in [0, 0.05) is 5.56 Å². The van der Waals surface area contributed by atoms with Crippen molar-refractivity contribution in [1.29, 1.82) is 0 Å². The van der Waals surface area contributed by atoms with Crippen LogP contribution in [0.25, 0.3) is 6.08 Å². The lowest BCUT2D eigenvalue weighted by Gasteiger charge is -2.27. The van der Waals surface area contributed by atoms with Crippen molar-refractivity contribution in [3.05, 3.63) is 107 Å². The number of allylic oxidation sites excluding steroid dienone is 1. The third-order valence-corrected chi connectivity index (χ3v) is 5.78. The van der Waals surface area contributed by atoms with Gasteiger partial charge in [0.05, 0.1) is 12.8 Å². The maximum absolute atomic E-state index is 13.6. The third kappa shape index (κ3) is 5.43. The Morgan fingerprint density at radius 2 is 1.84 bits per heavy atom.